The van der Waals surface area contributed by atoms with Crippen LogP contribution in [0.15, 0.2) is 36.9 Å². The number of rotatable bonds is 3. The van der Waals surface area contributed by atoms with Gasteiger partial charge >= 0.3 is 0 Å². The third-order valence-corrected chi connectivity index (χ3v) is 2.66. The van der Waals surface area contributed by atoms with Crippen LogP contribution in [0.5, 0.6) is 0 Å². The van der Waals surface area contributed by atoms with Gasteiger partial charge in [-0.05, 0) is 11.1 Å². The fourth-order valence-corrected chi connectivity index (χ4v) is 1.94. The monoisotopic (exact) mass is 189 g/mol. The van der Waals surface area contributed by atoms with Gasteiger partial charge in [0.05, 0.1) is 18.8 Å². The molecule has 0 bridgehead atoms. The Balaban J connectivity index is 2.13. The second kappa shape index (κ2) is 3.95. The van der Waals surface area contributed by atoms with Gasteiger partial charge in [0, 0.05) is 6.42 Å². The van der Waals surface area contributed by atoms with Gasteiger partial charge < -0.3 is 10.5 Å². The zero-order chi connectivity index (χ0) is 9.97. The average Bonchev–Trinajstić information content (AvgIpc) is 2.54. The maximum absolute atomic E-state index is 6.07. The highest BCUT2D eigenvalue weighted by Crippen LogP contribution is 2.31. The predicted octanol–water partition coefficient (Wildman–Crippen LogP) is 1.81. The van der Waals surface area contributed by atoms with E-state index in [2.05, 4.69) is 18.7 Å². The molecule has 0 saturated carbocycles. The van der Waals surface area contributed by atoms with E-state index in [1.54, 1.807) is 6.08 Å². The van der Waals surface area contributed by atoms with E-state index >= 15 is 0 Å². The van der Waals surface area contributed by atoms with Gasteiger partial charge in [-0.25, -0.2) is 0 Å². The van der Waals surface area contributed by atoms with Gasteiger partial charge in [0.2, 0.25) is 0 Å². The van der Waals surface area contributed by atoms with Gasteiger partial charge in [-0.1, -0.05) is 30.3 Å². The first-order valence-electron chi connectivity index (χ1n) is 4.89. The summed E-state index contributed by atoms with van der Waals surface area (Å²) in [5.74, 6) is 0. The normalized spacial score (nSPS) is 24.6. The zero-order valence-corrected chi connectivity index (χ0v) is 8.15. The van der Waals surface area contributed by atoms with Gasteiger partial charge in [-0.15, -0.1) is 6.58 Å². The molecule has 0 unspecified atom stereocenters. The summed E-state index contributed by atoms with van der Waals surface area (Å²) in [4.78, 5) is 0. The molecule has 0 amide bonds. The number of fused-ring (bicyclic) bond motifs is 1. The summed E-state index contributed by atoms with van der Waals surface area (Å²) in [5.41, 5.74) is 8.61. The summed E-state index contributed by atoms with van der Waals surface area (Å²) in [6.07, 6.45) is 2.80. The van der Waals surface area contributed by atoms with E-state index in [4.69, 9.17) is 10.5 Å². The van der Waals surface area contributed by atoms with Gasteiger partial charge in [0.25, 0.3) is 0 Å². The number of ether oxygens (including phenoxy) is 1. The molecule has 0 spiro atoms. The number of hydrogen-bond acceptors (Lipinski definition) is 2. The van der Waals surface area contributed by atoms with Crippen LogP contribution in [0.1, 0.15) is 17.2 Å². The van der Waals surface area contributed by atoms with Gasteiger partial charge in [0.15, 0.2) is 0 Å². The van der Waals surface area contributed by atoms with Crippen LogP contribution in [0.3, 0.4) is 0 Å². The van der Waals surface area contributed by atoms with Crippen molar-refractivity contribution in [2.24, 2.45) is 5.73 Å². The topological polar surface area (TPSA) is 35.2 Å². The Labute approximate surface area is 84.4 Å². The van der Waals surface area contributed by atoms with E-state index in [9.17, 15) is 0 Å². The summed E-state index contributed by atoms with van der Waals surface area (Å²) < 4.78 is 5.60. The van der Waals surface area contributed by atoms with Crippen molar-refractivity contribution < 1.29 is 4.74 Å². The van der Waals surface area contributed by atoms with Crippen molar-refractivity contribution >= 4 is 0 Å². The van der Waals surface area contributed by atoms with E-state index in [-0.39, 0.29) is 12.1 Å². The summed E-state index contributed by atoms with van der Waals surface area (Å²) in [7, 11) is 0. The van der Waals surface area contributed by atoms with Crippen LogP contribution in [-0.2, 0) is 11.2 Å². The van der Waals surface area contributed by atoms with E-state index in [1.165, 1.54) is 11.1 Å². The molecule has 0 aliphatic heterocycles. The third-order valence-electron chi connectivity index (χ3n) is 2.66. The molecular formula is C12H15NO. The first kappa shape index (κ1) is 9.44. The number of benzene rings is 1. The van der Waals surface area contributed by atoms with Crippen molar-refractivity contribution in [2.75, 3.05) is 6.61 Å². The Bertz CT molecular complexity index is 335. The summed E-state index contributed by atoms with van der Waals surface area (Å²) in [6, 6.07) is 8.28. The molecule has 0 fully saturated rings. The lowest BCUT2D eigenvalue weighted by molar-refractivity contribution is 0.0638. The molecule has 2 atom stereocenters. The molecule has 74 valence electrons. The molecule has 14 heavy (non-hydrogen) atoms. The molecule has 1 aliphatic rings. The molecule has 1 aromatic carbocycles. The third kappa shape index (κ3) is 1.59. The fraction of sp³-hybridized carbons (Fsp3) is 0.333. The lowest BCUT2D eigenvalue weighted by Crippen LogP contribution is -2.25. The molecule has 1 aliphatic carbocycles. The second-order valence-electron chi connectivity index (χ2n) is 3.59. The highest BCUT2D eigenvalue weighted by molar-refractivity contribution is 5.36. The molecule has 0 heterocycles. The Kier molecular flexibility index (Phi) is 2.66. The molecule has 0 saturated heterocycles. The molecule has 2 nitrogen and oxygen atoms in total. The van der Waals surface area contributed by atoms with E-state index in [1.807, 2.05) is 12.1 Å². The summed E-state index contributed by atoms with van der Waals surface area (Å²) >= 11 is 0. The lowest BCUT2D eigenvalue weighted by Gasteiger charge is -2.15. The molecule has 1 aromatic rings. The average molecular weight is 189 g/mol. The van der Waals surface area contributed by atoms with E-state index in [0.29, 0.717) is 6.61 Å². The standard InChI is InChI=1S/C12H15NO/c1-2-7-14-11-8-9-5-3-4-6-10(9)12(11)13/h2-6,11-12H,1,7-8,13H2/t11-,12-/m1/s1. The van der Waals surface area contributed by atoms with Crippen LogP contribution < -0.4 is 5.73 Å². The molecule has 0 aromatic heterocycles. The quantitative estimate of drug-likeness (QED) is 0.736. The van der Waals surface area contributed by atoms with Crippen molar-refractivity contribution in [1.82, 2.24) is 0 Å². The van der Waals surface area contributed by atoms with Crippen LogP contribution in [0, 0.1) is 0 Å². The van der Waals surface area contributed by atoms with Gasteiger partial charge in [0.1, 0.15) is 0 Å². The predicted molar refractivity (Wildman–Crippen MR) is 57.0 cm³/mol. The van der Waals surface area contributed by atoms with Gasteiger partial charge in [-0.2, -0.15) is 0 Å². The minimum atomic E-state index is 0.0196. The molecule has 2 heteroatoms. The molecular weight excluding hydrogens is 174 g/mol. The SMILES string of the molecule is C=CCO[C@@H]1Cc2ccccc2[C@H]1N. The largest absolute Gasteiger partial charge is 0.372 e. The fourth-order valence-electron chi connectivity index (χ4n) is 1.94. The van der Waals surface area contributed by atoms with Crippen molar-refractivity contribution in [1.29, 1.82) is 0 Å². The van der Waals surface area contributed by atoms with Crippen molar-refractivity contribution in [3.8, 4) is 0 Å². The van der Waals surface area contributed by atoms with Crippen LogP contribution in [0.2, 0.25) is 0 Å². The van der Waals surface area contributed by atoms with Gasteiger partial charge in [-0.3, -0.25) is 0 Å². The smallest absolute Gasteiger partial charge is 0.0812 e. The zero-order valence-electron chi connectivity index (χ0n) is 8.15. The van der Waals surface area contributed by atoms with Crippen LogP contribution >= 0.6 is 0 Å². The number of hydrogen-bond donors (Lipinski definition) is 1. The maximum atomic E-state index is 6.07. The minimum absolute atomic E-state index is 0.0196. The summed E-state index contributed by atoms with van der Waals surface area (Å²) in [6.45, 7) is 4.21. The van der Waals surface area contributed by atoms with Crippen molar-refractivity contribution in [2.45, 2.75) is 18.6 Å². The van der Waals surface area contributed by atoms with Crippen molar-refractivity contribution in [3.63, 3.8) is 0 Å². The first-order valence-corrected chi connectivity index (χ1v) is 4.89. The maximum Gasteiger partial charge on any atom is 0.0812 e. The Hall–Kier alpha value is -1.12. The highest BCUT2D eigenvalue weighted by Gasteiger charge is 2.29. The summed E-state index contributed by atoms with van der Waals surface area (Å²) in [5, 5.41) is 0. The van der Waals surface area contributed by atoms with Crippen LogP contribution in [-0.4, -0.2) is 12.7 Å². The highest BCUT2D eigenvalue weighted by atomic mass is 16.5. The molecule has 2 N–H and O–H groups in total. The Morgan fingerprint density at radius 1 is 1.50 bits per heavy atom. The molecule has 0 radical (unpaired) electrons. The van der Waals surface area contributed by atoms with E-state index < -0.39 is 0 Å². The second-order valence-corrected chi connectivity index (χ2v) is 3.59. The van der Waals surface area contributed by atoms with Crippen LogP contribution in [0.25, 0.3) is 0 Å². The lowest BCUT2D eigenvalue weighted by atomic mass is 10.1. The number of nitrogens with two attached hydrogens (primary N) is 1. The Morgan fingerprint density at radius 2 is 2.29 bits per heavy atom. The van der Waals surface area contributed by atoms with Crippen LogP contribution in [0.4, 0.5) is 0 Å². The first-order chi connectivity index (χ1) is 6.83. The van der Waals surface area contributed by atoms with Crippen molar-refractivity contribution in [3.05, 3.63) is 48.0 Å². The van der Waals surface area contributed by atoms with E-state index in [0.717, 1.165) is 6.42 Å². The molecule has 2 rings (SSSR count). The minimum Gasteiger partial charge on any atom is -0.372 e. The Morgan fingerprint density at radius 3 is 3.00 bits per heavy atom.